The highest BCUT2D eigenvalue weighted by molar-refractivity contribution is 5.90. The molecule has 2 aliphatic heterocycles. The Morgan fingerprint density at radius 3 is 1.38 bits per heavy atom. The highest BCUT2D eigenvalue weighted by Gasteiger charge is 2.48. The van der Waals surface area contributed by atoms with E-state index in [9.17, 15) is 30.0 Å². The molecule has 4 atom stereocenters. The second kappa shape index (κ2) is 14.6. The molecule has 2 fully saturated rings. The predicted octanol–water partition coefficient (Wildman–Crippen LogP) is 5.84. The van der Waals surface area contributed by atoms with Crippen molar-refractivity contribution in [2.45, 2.75) is 12.2 Å². The van der Waals surface area contributed by atoms with E-state index in [1.165, 1.54) is 62.8 Å². The zero-order valence-corrected chi connectivity index (χ0v) is 27.0. The Kier molecular flexibility index (Phi) is 9.93. The van der Waals surface area contributed by atoms with Crippen LogP contribution in [0.4, 0.5) is 0 Å². The summed E-state index contributed by atoms with van der Waals surface area (Å²) in [6, 6.07) is 18.8. The highest BCUT2D eigenvalue weighted by atomic mass is 16.6. The SMILES string of the molecule is COc1cc([C@@H]2OC[C@H]3[C@@H]2CO[C@H]3c2ccc(OC(=O)/C=C/c3ccc(O)c(O)c3)c(OC)c2)ccc1OC(=O)/C=C/c1ccc(O)c(O)c1. The van der Waals surface area contributed by atoms with Gasteiger partial charge in [-0.05, 0) is 82.9 Å². The second-order valence-electron chi connectivity index (χ2n) is 11.7. The van der Waals surface area contributed by atoms with Gasteiger partial charge in [0.1, 0.15) is 0 Å². The Labute approximate surface area is 287 Å². The number of hydrogen-bond acceptors (Lipinski definition) is 12. The molecular formula is C38H34O12. The zero-order chi connectivity index (χ0) is 35.4. The Balaban J connectivity index is 1.10. The summed E-state index contributed by atoms with van der Waals surface area (Å²) in [5, 5.41) is 38.3. The number of carbonyl (C=O) groups is 2. The molecule has 50 heavy (non-hydrogen) atoms. The van der Waals surface area contributed by atoms with Crippen LogP contribution in [0.15, 0.2) is 84.9 Å². The lowest BCUT2D eigenvalue weighted by Crippen LogP contribution is -2.15. The van der Waals surface area contributed by atoms with Crippen molar-refractivity contribution in [1.82, 2.24) is 0 Å². The number of phenols is 4. The van der Waals surface area contributed by atoms with E-state index in [-0.39, 0.29) is 58.5 Å². The molecule has 0 saturated carbocycles. The molecule has 4 aromatic rings. The average Bonchev–Trinajstić information content (AvgIpc) is 3.73. The van der Waals surface area contributed by atoms with Crippen molar-refractivity contribution in [3.8, 4) is 46.0 Å². The Morgan fingerprint density at radius 1 is 0.580 bits per heavy atom. The van der Waals surface area contributed by atoms with E-state index in [1.807, 2.05) is 12.1 Å². The molecule has 0 aromatic heterocycles. The number of esters is 2. The van der Waals surface area contributed by atoms with Crippen molar-refractivity contribution in [2.24, 2.45) is 11.8 Å². The van der Waals surface area contributed by atoms with Gasteiger partial charge in [-0.1, -0.05) is 24.3 Å². The molecular weight excluding hydrogens is 648 g/mol. The van der Waals surface area contributed by atoms with Crippen LogP contribution >= 0.6 is 0 Å². The van der Waals surface area contributed by atoms with Crippen LogP contribution < -0.4 is 18.9 Å². The van der Waals surface area contributed by atoms with Gasteiger partial charge in [0.05, 0.1) is 39.6 Å². The molecule has 0 radical (unpaired) electrons. The molecule has 0 unspecified atom stereocenters. The second-order valence-corrected chi connectivity index (χ2v) is 11.7. The number of ether oxygens (including phenoxy) is 6. The molecule has 6 rings (SSSR count). The first kappa shape index (κ1) is 33.9. The average molecular weight is 683 g/mol. The van der Waals surface area contributed by atoms with E-state index >= 15 is 0 Å². The molecule has 0 bridgehead atoms. The Hall–Kier alpha value is -5.98. The number of phenolic OH excluding ortho intramolecular Hbond substituents is 4. The third-order valence-corrected chi connectivity index (χ3v) is 8.54. The van der Waals surface area contributed by atoms with Gasteiger partial charge in [0.15, 0.2) is 46.0 Å². The first-order chi connectivity index (χ1) is 24.1. The van der Waals surface area contributed by atoms with Crippen molar-refractivity contribution in [3.05, 3.63) is 107 Å². The summed E-state index contributed by atoms with van der Waals surface area (Å²) < 4.78 is 34.6. The summed E-state index contributed by atoms with van der Waals surface area (Å²) in [5.74, 6) is -1.25. The number of aromatic hydroxyl groups is 4. The quantitative estimate of drug-likeness (QED) is 0.0683. The minimum absolute atomic E-state index is 0.0238. The molecule has 0 aliphatic carbocycles. The minimum Gasteiger partial charge on any atom is -0.504 e. The first-order valence-electron chi connectivity index (χ1n) is 15.6. The molecule has 12 nitrogen and oxygen atoms in total. The van der Waals surface area contributed by atoms with E-state index in [4.69, 9.17) is 28.4 Å². The number of methoxy groups -OCH3 is 2. The number of fused-ring (bicyclic) bond motifs is 1. The van der Waals surface area contributed by atoms with E-state index in [1.54, 1.807) is 36.4 Å². The van der Waals surface area contributed by atoms with E-state index < -0.39 is 11.9 Å². The summed E-state index contributed by atoms with van der Waals surface area (Å²) in [7, 11) is 2.95. The summed E-state index contributed by atoms with van der Waals surface area (Å²) in [6.45, 7) is 0.876. The molecule has 12 heteroatoms. The van der Waals surface area contributed by atoms with Gasteiger partial charge >= 0.3 is 11.9 Å². The summed E-state index contributed by atoms with van der Waals surface area (Å²) >= 11 is 0. The van der Waals surface area contributed by atoms with Crippen molar-refractivity contribution in [2.75, 3.05) is 27.4 Å². The normalized spacial score (nSPS) is 19.8. The molecule has 2 saturated heterocycles. The van der Waals surface area contributed by atoms with Crippen LogP contribution in [0.25, 0.3) is 12.2 Å². The van der Waals surface area contributed by atoms with Crippen molar-refractivity contribution >= 4 is 24.1 Å². The number of hydrogen-bond donors (Lipinski definition) is 4. The standard InChI is InChI=1S/C38H34O12/c1-45-33-17-23(7-11-31(33)49-35(43)13-5-21-3-9-27(39)29(41)15-21)37-25-19-48-38(26(25)20-47-37)24-8-12-32(34(18-24)46-2)50-36(44)14-6-22-4-10-28(40)30(42)16-22/h3-18,25-26,37-42H,19-20H2,1-2H3/b13-5+,14-6+/t25-,26-,37-,38-/m0/s1. The van der Waals surface area contributed by atoms with Crippen LogP contribution in [0.2, 0.25) is 0 Å². The summed E-state index contributed by atoms with van der Waals surface area (Å²) in [6.07, 6.45) is 4.72. The molecule has 4 N–H and O–H groups in total. The van der Waals surface area contributed by atoms with Crippen LogP contribution in [-0.4, -0.2) is 59.8 Å². The van der Waals surface area contributed by atoms with Crippen molar-refractivity contribution in [1.29, 1.82) is 0 Å². The fraction of sp³-hybridized carbons (Fsp3) is 0.211. The van der Waals surface area contributed by atoms with Gasteiger partial charge in [0.2, 0.25) is 0 Å². The van der Waals surface area contributed by atoms with Crippen LogP contribution in [-0.2, 0) is 19.1 Å². The third-order valence-electron chi connectivity index (χ3n) is 8.54. The smallest absolute Gasteiger partial charge is 0.336 e. The zero-order valence-electron chi connectivity index (χ0n) is 27.0. The summed E-state index contributed by atoms with van der Waals surface area (Å²) in [5.41, 5.74) is 2.68. The summed E-state index contributed by atoms with van der Waals surface area (Å²) in [4.78, 5) is 25.0. The van der Waals surface area contributed by atoms with Gasteiger partial charge in [-0.2, -0.15) is 0 Å². The van der Waals surface area contributed by atoms with Crippen molar-refractivity contribution in [3.63, 3.8) is 0 Å². The van der Waals surface area contributed by atoms with Gasteiger partial charge in [-0.3, -0.25) is 0 Å². The number of carbonyl (C=O) groups excluding carboxylic acids is 2. The van der Waals surface area contributed by atoms with Gasteiger partial charge in [0.25, 0.3) is 0 Å². The van der Waals surface area contributed by atoms with E-state index in [0.717, 1.165) is 11.1 Å². The maximum atomic E-state index is 12.5. The molecule has 258 valence electrons. The van der Waals surface area contributed by atoms with Crippen LogP contribution in [0.5, 0.6) is 46.0 Å². The van der Waals surface area contributed by atoms with Gasteiger partial charge in [0, 0.05) is 24.0 Å². The predicted molar refractivity (Wildman–Crippen MR) is 179 cm³/mol. The van der Waals surface area contributed by atoms with Gasteiger partial charge in [-0.15, -0.1) is 0 Å². The molecule has 2 aliphatic rings. The number of benzene rings is 4. The molecule has 0 spiro atoms. The largest absolute Gasteiger partial charge is 0.504 e. The maximum Gasteiger partial charge on any atom is 0.336 e. The highest BCUT2D eigenvalue weighted by Crippen LogP contribution is 2.51. The first-order valence-corrected chi connectivity index (χ1v) is 15.6. The van der Waals surface area contributed by atoms with Gasteiger partial charge in [-0.25, -0.2) is 9.59 Å². The lowest BCUT2D eigenvalue weighted by Gasteiger charge is -2.19. The van der Waals surface area contributed by atoms with Crippen LogP contribution in [0.1, 0.15) is 34.5 Å². The van der Waals surface area contributed by atoms with Crippen molar-refractivity contribution < 1.29 is 58.4 Å². The molecule has 2 heterocycles. The fourth-order valence-electron chi connectivity index (χ4n) is 6.03. The van der Waals surface area contributed by atoms with Crippen LogP contribution in [0, 0.1) is 11.8 Å². The Bertz CT molecular complexity index is 1820. The molecule has 4 aromatic carbocycles. The number of rotatable bonds is 10. The van der Waals surface area contributed by atoms with Gasteiger partial charge < -0.3 is 48.8 Å². The monoisotopic (exact) mass is 682 g/mol. The fourth-order valence-corrected chi connectivity index (χ4v) is 6.03. The lowest BCUT2D eigenvalue weighted by atomic mass is 9.85. The van der Waals surface area contributed by atoms with Crippen LogP contribution in [0.3, 0.4) is 0 Å². The topological polar surface area (TPSA) is 170 Å². The van der Waals surface area contributed by atoms with E-state index in [2.05, 4.69) is 0 Å². The Morgan fingerprint density at radius 2 is 1.00 bits per heavy atom. The minimum atomic E-state index is -0.657. The lowest BCUT2D eigenvalue weighted by molar-refractivity contribution is -0.129. The molecule has 0 amide bonds. The third kappa shape index (κ3) is 7.36. The van der Waals surface area contributed by atoms with E-state index in [0.29, 0.717) is 35.8 Å². The maximum absolute atomic E-state index is 12.5.